The second-order valence-electron chi connectivity index (χ2n) is 7.92. The summed E-state index contributed by atoms with van der Waals surface area (Å²) in [7, 11) is 0. The Bertz CT molecular complexity index is 1230. The quantitative estimate of drug-likeness (QED) is 0.274. The Morgan fingerprint density at radius 3 is 2.42 bits per heavy atom. The summed E-state index contributed by atoms with van der Waals surface area (Å²) < 4.78 is 19.5. The molecule has 0 aliphatic carbocycles. The number of hydrogen-bond acceptors (Lipinski definition) is 6. The van der Waals surface area contributed by atoms with Gasteiger partial charge in [-0.1, -0.05) is 29.8 Å². The normalized spacial score (nSPS) is 10.6. The van der Waals surface area contributed by atoms with Crippen molar-refractivity contribution in [1.29, 1.82) is 0 Å². The second kappa shape index (κ2) is 12.6. The number of H-pyrrole nitrogens is 1. The Morgan fingerprint density at radius 2 is 1.78 bits per heavy atom. The van der Waals surface area contributed by atoms with Crippen molar-refractivity contribution in [2.24, 2.45) is 0 Å². The Labute approximate surface area is 211 Å². The lowest BCUT2D eigenvalue weighted by atomic mass is 10.2. The molecular formula is C24H26ClFN6O4. The minimum atomic E-state index is -0.803. The van der Waals surface area contributed by atoms with E-state index in [1.54, 1.807) is 44.2 Å². The molecule has 0 radical (unpaired) electrons. The zero-order valence-corrected chi connectivity index (χ0v) is 20.4. The number of aromatic amines is 1. The molecule has 4 amide bonds. The molecule has 2 aromatic carbocycles. The molecule has 0 aliphatic heterocycles. The van der Waals surface area contributed by atoms with Crippen molar-refractivity contribution < 1.29 is 18.7 Å². The standard InChI is InChI=1S/C24H26ClFN6O4/c1-15(2)36-21-9-8-19(11-20(21)26)29-31-30-24(35)32(14-17-5-10-22(33)27-13-17)23(34)28-12-16-3-6-18(25)7-4-16/h3-11,13,15,29,31H,12,14H2,1-2H3,(H,27,33)(H,28,34)(H,30,35). The summed E-state index contributed by atoms with van der Waals surface area (Å²) in [6.07, 6.45) is 1.22. The molecule has 1 aromatic heterocycles. The molecule has 0 atom stereocenters. The topological polar surface area (TPSA) is 128 Å². The third-order valence-electron chi connectivity index (χ3n) is 4.71. The number of carbonyl (C=O) groups excluding carboxylic acids is 2. The van der Waals surface area contributed by atoms with Gasteiger partial charge in [0.25, 0.3) is 0 Å². The largest absolute Gasteiger partial charge is 0.488 e. The van der Waals surface area contributed by atoms with Gasteiger partial charge < -0.3 is 20.5 Å². The minimum absolute atomic E-state index is 0.101. The number of anilines is 1. The van der Waals surface area contributed by atoms with Crippen LogP contribution in [-0.2, 0) is 13.1 Å². The molecule has 0 bridgehead atoms. The number of amides is 4. The molecule has 0 spiro atoms. The number of nitrogens with zero attached hydrogens (tertiary/aromatic N) is 1. The van der Waals surface area contributed by atoms with Gasteiger partial charge in [-0.05, 0) is 49.2 Å². The lowest BCUT2D eigenvalue weighted by Gasteiger charge is -2.22. The third-order valence-corrected chi connectivity index (χ3v) is 4.96. The van der Waals surface area contributed by atoms with Crippen LogP contribution in [0.15, 0.2) is 65.6 Å². The first kappa shape index (κ1) is 26.5. The Balaban J connectivity index is 1.63. The summed E-state index contributed by atoms with van der Waals surface area (Å²) in [4.78, 5) is 40.4. The van der Waals surface area contributed by atoms with E-state index in [0.29, 0.717) is 16.3 Å². The molecule has 5 N–H and O–H groups in total. The molecule has 3 aromatic rings. The molecule has 0 aliphatic rings. The lowest BCUT2D eigenvalue weighted by molar-refractivity contribution is 0.181. The van der Waals surface area contributed by atoms with Gasteiger partial charge in [0.05, 0.1) is 18.3 Å². The molecule has 10 nitrogen and oxygen atoms in total. The zero-order chi connectivity index (χ0) is 26.1. The highest BCUT2D eigenvalue weighted by Crippen LogP contribution is 2.21. The van der Waals surface area contributed by atoms with Gasteiger partial charge >= 0.3 is 12.1 Å². The SMILES string of the molecule is CC(C)Oc1ccc(NNNC(=O)N(Cc2ccc(=O)[nH]c2)C(=O)NCc2ccc(Cl)cc2)cc1F. The Hall–Kier alpha value is -4.09. The van der Waals surface area contributed by atoms with Gasteiger partial charge in [0.15, 0.2) is 11.6 Å². The number of carbonyl (C=O) groups is 2. The molecule has 36 heavy (non-hydrogen) atoms. The molecular weight excluding hydrogens is 491 g/mol. The van der Waals surface area contributed by atoms with Crippen molar-refractivity contribution in [2.45, 2.75) is 33.0 Å². The first-order chi connectivity index (χ1) is 17.2. The van der Waals surface area contributed by atoms with Crippen LogP contribution in [0.2, 0.25) is 5.02 Å². The van der Waals surface area contributed by atoms with Crippen molar-refractivity contribution in [3.63, 3.8) is 0 Å². The van der Waals surface area contributed by atoms with Crippen molar-refractivity contribution >= 4 is 29.4 Å². The van der Waals surface area contributed by atoms with E-state index >= 15 is 0 Å². The van der Waals surface area contributed by atoms with E-state index in [1.165, 1.54) is 30.5 Å². The van der Waals surface area contributed by atoms with E-state index in [0.717, 1.165) is 10.5 Å². The molecule has 1 heterocycles. The summed E-state index contributed by atoms with van der Waals surface area (Å²) in [5.74, 6) is -0.480. The first-order valence-electron chi connectivity index (χ1n) is 11.0. The van der Waals surface area contributed by atoms with E-state index in [9.17, 15) is 18.8 Å². The average molecular weight is 517 g/mol. The molecule has 12 heteroatoms. The fraction of sp³-hybridized carbons (Fsp3) is 0.208. The monoisotopic (exact) mass is 516 g/mol. The van der Waals surface area contributed by atoms with Gasteiger partial charge in [-0.2, -0.15) is 0 Å². The summed E-state index contributed by atoms with van der Waals surface area (Å²) in [6.45, 7) is 3.59. The maximum absolute atomic E-state index is 14.2. The number of ether oxygens (including phenoxy) is 1. The highest BCUT2D eigenvalue weighted by molar-refractivity contribution is 6.30. The number of imide groups is 1. The number of halogens is 2. The fourth-order valence-electron chi connectivity index (χ4n) is 2.99. The molecule has 0 saturated heterocycles. The number of nitrogens with one attached hydrogen (secondary N) is 5. The summed E-state index contributed by atoms with van der Waals surface area (Å²) in [6, 6.07) is 12.4. The number of benzene rings is 2. The lowest BCUT2D eigenvalue weighted by Crippen LogP contribution is -2.52. The predicted octanol–water partition coefficient (Wildman–Crippen LogP) is 3.91. The van der Waals surface area contributed by atoms with Crippen LogP contribution < -0.4 is 32.0 Å². The molecule has 0 fully saturated rings. The number of urea groups is 2. The summed E-state index contributed by atoms with van der Waals surface area (Å²) in [5.41, 5.74) is 8.71. The highest BCUT2D eigenvalue weighted by Gasteiger charge is 2.22. The van der Waals surface area contributed by atoms with Gasteiger partial charge in [0, 0.05) is 29.9 Å². The maximum atomic E-state index is 14.2. The second-order valence-corrected chi connectivity index (χ2v) is 8.36. The van der Waals surface area contributed by atoms with Crippen LogP contribution in [0.25, 0.3) is 0 Å². The van der Waals surface area contributed by atoms with E-state index in [1.807, 2.05) is 0 Å². The number of aromatic nitrogens is 1. The van der Waals surface area contributed by atoms with Gasteiger partial charge in [-0.3, -0.25) is 10.2 Å². The van der Waals surface area contributed by atoms with E-state index < -0.39 is 17.9 Å². The molecule has 0 saturated carbocycles. The number of hydrogen-bond donors (Lipinski definition) is 5. The van der Waals surface area contributed by atoms with Crippen LogP contribution in [0.3, 0.4) is 0 Å². The predicted molar refractivity (Wildman–Crippen MR) is 134 cm³/mol. The number of pyridine rings is 1. The van der Waals surface area contributed by atoms with Crippen LogP contribution in [0.1, 0.15) is 25.0 Å². The van der Waals surface area contributed by atoms with Crippen molar-refractivity contribution in [3.05, 3.63) is 93.1 Å². The van der Waals surface area contributed by atoms with E-state index in [4.69, 9.17) is 16.3 Å². The smallest absolute Gasteiger partial charge is 0.341 e. The van der Waals surface area contributed by atoms with Crippen LogP contribution in [0, 0.1) is 5.82 Å². The third kappa shape index (κ3) is 8.00. The van der Waals surface area contributed by atoms with Gasteiger partial charge in [0.1, 0.15) is 0 Å². The summed E-state index contributed by atoms with van der Waals surface area (Å²) >= 11 is 5.88. The van der Waals surface area contributed by atoms with E-state index in [2.05, 4.69) is 26.7 Å². The average Bonchev–Trinajstić information content (AvgIpc) is 2.84. The first-order valence-corrected chi connectivity index (χ1v) is 11.3. The van der Waals surface area contributed by atoms with Crippen LogP contribution in [0.4, 0.5) is 19.7 Å². The Morgan fingerprint density at radius 1 is 1.06 bits per heavy atom. The van der Waals surface area contributed by atoms with Gasteiger partial charge in [0.2, 0.25) is 5.56 Å². The summed E-state index contributed by atoms with van der Waals surface area (Å²) in [5, 5.41) is 3.23. The minimum Gasteiger partial charge on any atom is -0.488 e. The number of rotatable bonds is 9. The Kier molecular flexibility index (Phi) is 9.25. The van der Waals surface area contributed by atoms with Gasteiger partial charge in [-0.15, -0.1) is 5.53 Å². The van der Waals surface area contributed by atoms with Gasteiger partial charge in [-0.25, -0.2) is 18.9 Å². The maximum Gasteiger partial charge on any atom is 0.341 e. The van der Waals surface area contributed by atoms with Crippen molar-refractivity contribution in [1.82, 2.24) is 26.2 Å². The van der Waals surface area contributed by atoms with Crippen molar-refractivity contribution in [2.75, 3.05) is 5.43 Å². The van der Waals surface area contributed by atoms with Crippen LogP contribution in [0.5, 0.6) is 5.75 Å². The van der Waals surface area contributed by atoms with E-state index in [-0.39, 0.29) is 30.5 Å². The molecule has 3 rings (SSSR count). The number of hydrazine groups is 2. The molecule has 0 unspecified atom stereocenters. The fourth-order valence-corrected chi connectivity index (χ4v) is 3.11. The highest BCUT2D eigenvalue weighted by atomic mass is 35.5. The van der Waals surface area contributed by atoms with Crippen LogP contribution in [-0.4, -0.2) is 28.1 Å². The zero-order valence-electron chi connectivity index (χ0n) is 19.6. The molecule has 190 valence electrons. The van der Waals surface area contributed by atoms with Crippen molar-refractivity contribution in [3.8, 4) is 5.75 Å². The van der Waals surface area contributed by atoms with Crippen LogP contribution >= 0.6 is 11.6 Å².